The van der Waals surface area contributed by atoms with Gasteiger partial charge in [-0.25, -0.2) is 18.3 Å². The lowest BCUT2D eigenvalue weighted by Gasteiger charge is -2.33. The number of carbonyl (C=O) groups excluding carboxylic acids is 2. The molecule has 2 saturated carbocycles. The summed E-state index contributed by atoms with van der Waals surface area (Å²) in [7, 11) is 0. The topological polar surface area (TPSA) is 109 Å². The third-order valence-corrected chi connectivity index (χ3v) is 7.42. The molecule has 2 aromatic rings. The first-order valence-corrected chi connectivity index (χ1v) is 12.6. The Morgan fingerprint density at radius 2 is 1.80 bits per heavy atom. The molecule has 2 aliphatic rings. The van der Waals surface area contributed by atoms with Crippen LogP contribution in [0.4, 0.5) is 35.1 Å². The number of nitrogens with zero attached hydrogens (tertiary/aromatic N) is 3. The maximum Gasteiger partial charge on any atom is 0.392 e. The minimum absolute atomic E-state index is 0.0149. The van der Waals surface area contributed by atoms with Crippen LogP contribution in [0.5, 0.6) is 0 Å². The van der Waals surface area contributed by atoms with Crippen LogP contribution in [-0.2, 0) is 9.59 Å². The van der Waals surface area contributed by atoms with Gasteiger partial charge in [0.05, 0.1) is 41.9 Å². The van der Waals surface area contributed by atoms with Gasteiger partial charge >= 0.3 is 12.4 Å². The predicted octanol–water partition coefficient (Wildman–Crippen LogP) is 4.61. The summed E-state index contributed by atoms with van der Waals surface area (Å²) >= 11 is 0. The Labute approximate surface area is 222 Å². The Balaban J connectivity index is 1.52. The van der Waals surface area contributed by atoms with Gasteiger partial charge in [0.1, 0.15) is 0 Å². The van der Waals surface area contributed by atoms with Crippen molar-refractivity contribution in [3.8, 4) is 0 Å². The summed E-state index contributed by atoms with van der Waals surface area (Å²) in [6.07, 6.45) is -10.6. The van der Waals surface area contributed by atoms with Crippen molar-refractivity contribution in [3.05, 3.63) is 29.7 Å². The standard InChI is InChI=1S/C24H27F8N5O3/c1-11(23(27,28)29)6-18(38)35-20(39)13-7-17-34-16(10-37(17)33-9-13)19(12-2-4-22(25,26)5-3-12)36-21(40)14-8-15(14)24(30,31)32/h7,9-12,14-15,19-20,39H,2-6,8H2,1H3,(H,35,38)(H,36,40)/t11-,14-,15-,19+,20-/m1/s1. The summed E-state index contributed by atoms with van der Waals surface area (Å²) in [5.74, 6) is -10.4. The number of imidazole rings is 1. The normalized spacial score (nSPS) is 23.9. The molecule has 2 aromatic heterocycles. The van der Waals surface area contributed by atoms with Gasteiger partial charge in [0.2, 0.25) is 17.7 Å². The maximum absolute atomic E-state index is 13.8. The van der Waals surface area contributed by atoms with E-state index in [0.717, 1.165) is 13.1 Å². The van der Waals surface area contributed by atoms with Crippen molar-refractivity contribution < 1.29 is 49.8 Å². The summed E-state index contributed by atoms with van der Waals surface area (Å²) in [5, 5.41) is 18.9. The number of nitrogens with one attached hydrogen (secondary N) is 2. The number of hydrogen-bond donors (Lipinski definition) is 3. The van der Waals surface area contributed by atoms with E-state index in [-0.39, 0.29) is 36.2 Å². The number of halogens is 8. The number of rotatable bonds is 8. The second-order valence-corrected chi connectivity index (χ2v) is 10.5. The van der Waals surface area contributed by atoms with E-state index in [4.69, 9.17) is 0 Å². The summed E-state index contributed by atoms with van der Waals surface area (Å²) in [5.41, 5.74) is 0.195. The molecule has 0 bridgehead atoms. The van der Waals surface area contributed by atoms with Gasteiger partial charge < -0.3 is 15.7 Å². The Hall–Kier alpha value is -3.04. The fourth-order valence-electron chi connectivity index (χ4n) is 4.83. The zero-order valence-electron chi connectivity index (χ0n) is 21.1. The molecule has 3 N–H and O–H groups in total. The smallest absolute Gasteiger partial charge is 0.369 e. The molecule has 222 valence electrons. The van der Waals surface area contributed by atoms with E-state index in [0.29, 0.717) is 0 Å². The SMILES string of the molecule is C[C@H](CC(=O)N[C@H](O)c1cnn2cc([C@@H](NC(=O)[C@@H]3C[C@H]3C(F)(F)F)C3CCC(F)(F)CC3)nc2c1)C(F)(F)F. The fraction of sp³-hybridized carbons (Fsp3) is 0.667. The highest BCUT2D eigenvalue weighted by atomic mass is 19.4. The van der Waals surface area contributed by atoms with Crippen molar-refractivity contribution in [1.82, 2.24) is 25.2 Å². The molecule has 0 aromatic carbocycles. The average Bonchev–Trinajstić information content (AvgIpc) is 3.55. The summed E-state index contributed by atoms with van der Waals surface area (Å²) < 4.78 is 106. The first kappa shape index (κ1) is 29.9. The van der Waals surface area contributed by atoms with Gasteiger partial charge in [0, 0.05) is 24.8 Å². The number of aliphatic hydroxyl groups is 1. The van der Waals surface area contributed by atoms with Gasteiger partial charge in [0.15, 0.2) is 11.9 Å². The summed E-state index contributed by atoms with van der Waals surface area (Å²) in [4.78, 5) is 28.9. The van der Waals surface area contributed by atoms with Gasteiger partial charge in [0.25, 0.3) is 0 Å². The molecule has 0 saturated heterocycles. The third-order valence-electron chi connectivity index (χ3n) is 7.42. The molecule has 40 heavy (non-hydrogen) atoms. The van der Waals surface area contributed by atoms with E-state index in [2.05, 4.69) is 15.4 Å². The van der Waals surface area contributed by atoms with E-state index in [9.17, 15) is 49.8 Å². The number of hydrogen-bond acceptors (Lipinski definition) is 5. The second kappa shape index (κ2) is 10.7. The number of aliphatic hydroxyl groups excluding tert-OH is 1. The molecule has 4 rings (SSSR count). The molecule has 2 fully saturated rings. The lowest BCUT2D eigenvalue weighted by atomic mass is 9.81. The van der Waals surface area contributed by atoms with Crippen LogP contribution in [0, 0.1) is 23.7 Å². The zero-order valence-corrected chi connectivity index (χ0v) is 21.1. The minimum atomic E-state index is -4.59. The van der Waals surface area contributed by atoms with Crippen LogP contribution in [0.15, 0.2) is 18.5 Å². The van der Waals surface area contributed by atoms with Gasteiger partial charge in [-0.05, 0) is 31.2 Å². The molecule has 2 heterocycles. The number of amides is 2. The van der Waals surface area contributed by atoms with Crippen molar-refractivity contribution in [2.24, 2.45) is 23.7 Å². The van der Waals surface area contributed by atoms with E-state index < -0.39 is 85.3 Å². The highest BCUT2D eigenvalue weighted by Gasteiger charge is 2.59. The van der Waals surface area contributed by atoms with E-state index in [1.54, 1.807) is 0 Å². The van der Waals surface area contributed by atoms with E-state index in [1.165, 1.54) is 16.8 Å². The van der Waals surface area contributed by atoms with E-state index in [1.807, 2.05) is 5.32 Å². The van der Waals surface area contributed by atoms with Crippen molar-refractivity contribution in [3.63, 3.8) is 0 Å². The van der Waals surface area contributed by atoms with Crippen LogP contribution in [0.25, 0.3) is 5.65 Å². The Kier molecular flexibility index (Phi) is 8.04. The highest BCUT2D eigenvalue weighted by Crippen LogP contribution is 2.50. The maximum atomic E-state index is 13.8. The van der Waals surface area contributed by atoms with Gasteiger partial charge in [-0.1, -0.05) is 6.92 Å². The molecular weight excluding hydrogens is 558 g/mol. The van der Waals surface area contributed by atoms with Crippen LogP contribution >= 0.6 is 0 Å². The lowest BCUT2D eigenvalue weighted by molar-refractivity contribution is -0.174. The van der Waals surface area contributed by atoms with Gasteiger partial charge in [-0.3, -0.25) is 9.59 Å². The van der Waals surface area contributed by atoms with Crippen LogP contribution in [0.3, 0.4) is 0 Å². The molecule has 8 nitrogen and oxygen atoms in total. The largest absolute Gasteiger partial charge is 0.392 e. The molecule has 0 radical (unpaired) electrons. The predicted molar refractivity (Wildman–Crippen MR) is 121 cm³/mol. The van der Waals surface area contributed by atoms with Crippen LogP contribution in [0.1, 0.15) is 69.0 Å². The van der Waals surface area contributed by atoms with Crippen molar-refractivity contribution in [2.75, 3.05) is 0 Å². The molecule has 0 aliphatic heterocycles. The van der Waals surface area contributed by atoms with Gasteiger partial charge in [-0.2, -0.15) is 31.4 Å². The van der Waals surface area contributed by atoms with Gasteiger partial charge in [-0.15, -0.1) is 0 Å². The molecule has 5 atom stereocenters. The number of alkyl halides is 8. The third kappa shape index (κ3) is 6.99. The molecular formula is C24H27F8N5O3. The first-order valence-electron chi connectivity index (χ1n) is 12.6. The average molecular weight is 585 g/mol. The number of fused-ring (bicyclic) bond motifs is 1. The Morgan fingerprint density at radius 1 is 1.15 bits per heavy atom. The number of aromatic nitrogens is 3. The lowest BCUT2D eigenvalue weighted by Crippen LogP contribution is -2.38. The number of carbonyl (C=O) groups is 2. The quantitative estimate of drug-likeness (QED) is 0.310. The Bertz CT molecular complexity index is 1240. The molecule has 2 aliphatic carbocycles. The molecule has 0 spiro atoms. The summed E-state index contributed by atoms with van der Waals surface area (Å²) in [6.45, 7) is 0.820. The Morgan fingerprint density at radius 3 is 2.38 bits per heavy atom. The zero-order chi connectivity index (χ0) is 29.6. The van der Waals surface area contributed by atoms with Crippen molar-refractivity contribution in [1.29, 1.82) is 0 Å². The minimum Gasteiger partial charge on any atom is -0.369 e. The van der Waals surface area contributed by atoms with E-state index >= 15 is 0 Å². The van der Waals surface area contributed by atoms with Crippen molar-refractivity contribution >= 4 is 17.5 Å². The highest BCUT2D eigenvalue weighted by molar-refractivity contribution is 5.82. The summed E-state index contributed by atoms with van der Waals surface area (Å²) in [6, 6.07) is 0.278. The molecule has 2 amide bonds. The molecule has 0 unspecified atom stereocenters. The van der Waals surface area contributed by atoms with Crippen LogP contribution < -0.4 is 10.6 Å². The first-order chi connectivity index (χ1) is 18.4. The van der Waals surface area contributed by atoms with Crippen LogP contribution in [-0.4, -0.2) is 49.8 Å². The molecule has 16 heteroatoms. The fourth-order valence-corrected chi connectivity index (χ4v) is 4.83. The van der Waals surface area contributed by atoms with Crippen molar-refractivity contribution in [2.45, 2.75) is 76.0 Å². The van der Waals surface area contributed by atoms with Crippen LogP contribution in [0.2, 0.25) is 0 Å². The second-order valence-electron chi connectivity index (χ2n) is 10.5. The monoisotopic (exact) mass is 585 g/mol.